The molecule has 1 saturated heterocycles. The van der Waals surface area contributed by atoms with Crippen molar-refractivity contribution in [3.8, 4) is 0 Å². The molecule has 0 unspecified atom stereocenters. The van der Waals surface area contributed by atoms with Crippen LogP contribution in [0.5, 0.6) is 0 Å². The van der Waals surface area contributed by atoms with Crippen LogP contribution in [-0.2, 0) is 11.2 Å². The van der Waals surface area contributed by atoms with E-state index in [9.17, 15) is 4.79 Å². The van der Waals surface area contributed by atoms with Crippen molar-refractivity contribution in [1.82, 2.24) is 10.6 Å². The van der Waals surface area contributed by atoms with Crippen molar-refractivity contribution < 1.29 is 4.79 Å². The fraction of sp³-hybridized carbons (Fsp3) is 0.500. The highest BCUT2D eigenvalue weighted by Crippen LogP contribution is 2.00. The number of nitrogens with one attached hydrogen (secondary N) is 2. The normalized spacial score (nSPS) is 14.6. The number of ketones is 1. The van der Waals surface area contributed by atoms with Gasteiger partial charge in [0.1, 0.15) is 5.78 Å². The van der Waals surface area contributed by atoms with Crippen molar-refractivity contribution >= 4 is 5.78 Å². The Bertz CT molecular complexity index is 296. The molecule has 1 fully saturated rings. The third kappa shape index (κ3) is 6.87. The van der Waals surface area contributed by atoms with Gasteiger partial charge in [-0.15, -0.1) is 0 Å². The first-order chi connectivity index (χ1) is 8.33. The molecular weight excluding hydrogens is 212 g/mol. The highest BCUT2D eigenvalue weighted by molar-refractivity contribution is 5.80. The quantitative estimate of drug-likeness (QED) is 0.830. The van der Waals surface area contributed by atoms with E-state index in [1.54, 1.807) is 0 Å². The Hall–Kier alpha value is -1.19. The van der Waals surface area contributed by atoms with Gasteiger partial charge in [0.15, 0.2) is 0 Å². The van der Waals surface area contributed by atoms with Gasteiger partial charge < -0.3 is 10.6 Å². The SMILES string of the molecule is C1CNCCN1.CCC(=O)Cc1ccccc1. The van der Waals surface area contributed by atoms with E-state index in [0.29, 0.717) is 18.6 Å². The second kappa shape index (κ2) is 8.90. The minimum absolute atomic E-state index is 0.302. The maximum Gasteiger partial charge on any atom is 0.136 e. The minimum Gasteiger partial charge on any atom is -0.314 e. The number of piperazine rings is 1. The van der Waals surface area contributed by atoms with Gasteiger partial charge in [0.05, 0.1) is 0 Å². The molecule has 2 rings (SSSR count). The van der Waals surface area contributed by atoms with E-state index in [2.05, 4.69) is 10.6 Å². The average molecular weight is 234 g/mol. The lowest BCUT2D eigenvalue weighted by Gasteiger charge is -2.11. The van der Waals surface area contributed by atoms with Gasteiger partial charge in [-0.2, -0.15) is 0 Å². The number of carbonyl (C=O) groups is 1. The van der Waals surface area contributed by atoms with Gasteiger partial charge in [-0.25, -0.2) is 0 Å². The second-order valence-corrected chi connectivity index (χ2v) is 4.05. The zero-order chi connectivity index (χ0) is 12.3. The van der Waals surface area contributed by atoms with Crippen molar-refractivity contribution in [2.24, 2.45) is 0 Å². The molecular formula is C14H22N2O. The molecule has 0 aliphatic carbocycles. The van der Waals surface area contributed by atoms with Crippen LogP contribution in [0.1, 0.15) is 18.9 Å². The summed E-state index contributed by atoms with van der Waals surface area (Å²) in [6, 6.07) is 9.83. The van der Waals surface area contributed by atoms with E-state index in [0.717, 1.165) is 31.7 Å². The third-order valence-corrected chi connectivity index (χ3v) is 2.60. The van der Waals surface area contributed by atoms with Gasteiger partial charge in [-0.3, -0.25) is 4.79 Å². The predicted molar refractivity (Wildman–Crippen MR) is 71.2 cm³/mol. The molecule has 2 N–H and O–H groups in total. The summed E-state index contributed by atoms with van der Waals surface area (Å²) in [7, 11) is 0. The van der Waals surface area contributed by atoms with Crippen LogP contribution in [-0.4, -0.2) is 32.0 Å². The van der Waals surface area contributed by atoms with E-state index in [4.69, 9.17) is 0 Å². The molecule has 94 valence electrons. The first kappa shape index (κ1) is 13.9. The summed E-state index contributed by atoms with van der Waals surface area (Å²) < 4.78 is 0. The number of rotatable bonds is 3. The molecule has 1 aromatic rings. The molecule has 0 aromatic heterocycles. The van der Waals surface area contributed by atoms with Gasteiger partial charge in [0.25, 0.3) is 0 Å². The summed E-state index contributed by atoms with van der Waals surface area (Å²) in [4.78, 5) is 11.0. The van der Waals surface area contributed by atoms with E-state index in [1.807, 2.05) is 37.3 Å². The van der Waals surface area contributed by atoms with Crippen molar-refractivity contribution in [3.63, 3.8) is 0 Å². The van der Waals surface area contributed by atoms with Gasteiger partial charge in [-0.1, -0.05) is 37.3 Å². The van der Waals surface area contributed by atoms with Gasteiger partial charge in [-0.05, 0) is 5.56 Å². The van der Waals surface area contributed by atoms with Crippen LogP contribution >= 0.6 is 0 Å². The Morgan fingerprint density at radius 3 is 2.00 bits per heavy atom. The van der Waals surface area contributed by atoms with E-state index >= 15 is 0 Å². The van der Waals surface area contributed by atoms with Crippen LogP contribution < -0.4 is 10.6 Å². The number of carbonyl (C=O) groups excluding carboxylic acids is 1. The fourth-order valence-corrected chi connectivity index (χ4v) is 1.55. The van der Waals surface area contributed by atoms with Crippen LogP contribution in [0.4, 0.5) is 0 Å². The van der Waals surface area contributed by atoms with Crippen molar-refractivity contribution in [3.05, 3.63) is 35.9 Å². The maximum atomic E-state index is 11.0. The first-order valence-corrected chi connectivity index (χ1v) is 6.30. The van der Waals surface area contributed by atoms with Crippen LogP contribution in [0.2, 0.25) is 0 Å². The lowest BCUT2D eigenvalue weighted by atomic mass is 10.1. The number of Topliss-reactive ketones (excluding diaryl/α,β-unsaturated/α-hetero) is 1. The van der Waals surface area contributed by atoms with E-state index < -0.39 is 0 Å². The van der Waals surface area contributed by atoms with Gasteiger partial charge >= 0.3 is 0 Å². The van der Waals surface area contributed by atoms with Crippen LogP contribution in [0.3, 0.4) is 0 Å². The summed E-state index contributed by atoms with van der Waals surface area (Å²) >= 11 is 0. The minimum atomic E-state index is 0.302. The monoisotopic (exact) mass is 234 g/mol. The third-order valence-electron chi connectivity index (χ3n) is 2.60. The zero-order valence-corrected chi connectivity index (χ0v) is 10.5. The highest BCUT2D eigenvalue weighted by atomic mass is 16.1. The van der Waals surface area contributed by atoms with Gasteiger partial charge in [0, 0.05) is 39.0 Å². The first-order valence-electron chi connectivity index (χ1n) is 6.30. The molecule has 0 saturated carbocycles. The van der Waals surface area contributed by atoms with Crippen molar-refractivity contribution in [2.45, 2.75) is 19.8 Å². The summed E-state index contributed by atoms with van der Waals surface area (Å²) in [5, 5.41) is 6.44. The smallest absolute Gasteiger partial charge is 0.136 e. The molecule has 1 heterocycles. The molecule has 0 amide bonds. The predicted octanol–water partition coefficient (Wildman–Crippen LogP) is 1.39. The average Bonchev–Trinajstić information content (AvgIpc) is 2.42. The topological polar surface area (TPSA) is 41.1 Å². The lowest BCUT2D eigenvalue weighted by molar-refractivity contribution is -0.118. The molecule has 0 atom stereocenters. The summed E-state index contributed by atoms with van der Waals surface area (Å²) in [6.07, 6.45) is 1.21. The second-order valence-electron chi connectivity index (χ2n) is 4.05. The number of hydrogen-bond acceptors (Lipinski definition) is 3. The van der Waals surface area contributed by atoms with E-state index in [1.165, 1.54) is 0 Å². The zero-order valence-electron chi connectivity index (χ0n) is 10.5. The Morgan fingerprint density at radius 2 is 1.59 bits per heavy atom. The Morgan fingerprint density at radius 1 is 1.06 bits per heavy atom. The summed E-state index contributed by atoms with van der Waals surface area (Å²) in [6.45, 7) is 6.45. The molecule has 1 aliphatic heterocycles. The molecule has 3 heteroatoms. The molecule has 0 radical (unpaired) electrons. The van der Waals surface area contributed by atoms with Crippen LogP contribution in [0.15, 0.2) is 30.3 Å². The molecule has 1 aliphatic rings. The molecule has 0 spiro atoms. The summed E-state index contributed by atoms with van der Waals surface area (Å²) in [5.74, 6) is 0.302. The van der Waals surface area contributed by atoms with E-state index in [-0.39, 0.29) is 0 Å². The number of benzene rings is 1. The van der Waals surface area contributed by atoms with Crippen LogP contribution in [0, 0.1) is 0 Å². The Balaban J connectivity index is 0.000000202. The molecule has 3 nitrogen and oxygen atoms in total. The summed E-state index contributed by atoms with van der Waals surface area (Å²) in [5.41, 5.74) is 1.11. The molecule has 0 bridgehead atoms. The lowest BCUT2D eigenvalue weighted by Crippen LogP contribution is -2.39. The Kier molecular flexibility index (Phi) is 7.27. The number of hydrogen-bond donors (Lipinski definition) is 2. The van der Waals surface area contributed by atoms with Crippen LogP contribution in [0.25, 0.3) is 0 Å². The maximum absolute atomic E-state index is 11.0. The highest BCUT2D eigenvalue weighted by Gasteiger charge is 1.98. The standard InChI is InChI=1S/C10H12O.C4H10N2/c1-2-10(11)8-9-6-4-3-5-7-9;1-2-6-4-3-5-1/h3-7H,2,8H2,1H3;5-6H,1-4H2. The molecule has 17 heavy (non-hydrogen) atoms. The van der Waals surface area contributed by atoms with Crippen molar-refractivity contribution in [1.29, 1.82) is 0 Å². The molecule has 1 aromatic carbocycles. The fourth-order valence-electron chi connectivity index (χ4n) is 1.55. The largest absolute Gasteiger partial charge is 0.314 e. The van der Waals surface area contributed by atoms with Gasteiger partial charge in [0.2, 0.25) is 0 Å². The Labute approximate surface area is 104 Å². The van der Waals surface area contributed by atoms with Crippen molar-refractivity contribution in [2.75, 3.05) is 26.2 Å².